The van der Waals surface area contributed by atoms with Gasteiger partial charge in [0, 0.05) is 12.8 Å². The molecule has 1 fully saturated rings. The van der Waals surface area contributed by atoms with E-state index in [1.165, 1.54) is 7.11 Å². The molecule has 0 aromatic rings. The van der Waals surface area contributed by atoms with Gasteiger partial charge < -0.3 is 19.7 Å². The zero-order valence-electron chi connectivity index (χ0n) is 8.67. The summed E-state index contributed by atoms with van der Waals surface area (Å²) in [5.74, 6) is 0. The Balaban J connectivity index is 2.75. The van der Waals surface area contributed by atoms with Crippen LogP contribution in [-0.2, 0) is 9.47 Å². The Bertz CT molecular complexity index is 213. The van der Waals surface area contributed by atoms with Crippen LogP contribution in [0.25, 0.3) is 0 Å². The predicted octanol–water partition coefficient (Wildman–Crippen LogP) is -0.440. The Morgan fingerprint density at radius 1 is 1.50 bits per heavy atom. The van der Waals surface area contributed by atoms with Crippen molar-refractivity contribution in [1.82, 2.24) is 0 Å². The van der Waals surface area contributed by atoms with Gasteiger partial charge in [0.05, 0.1) is 6.61 Å². The average molecular weight is 203 g/mol. The SMILES string of the molecule is CO[C@H]1O[C@@H](CO)[C@@H](N=C(C)C)[C@H]1O. The molecule has 82 valence electrons. The number of hydrogen-bond acceptors (Lipinski definition) is 5. The number of aliphatic hydroxyl groups is 2. The van der Waals surface area contributed by atoms with E-state index in [1.807, 2.05) is 13.8 Å². The van der Waals surface area contributed by atoms with Gasteiger partial charge >= 0.3 is 0 Å². The Hall–Kier alpha value is -0.490. The van der Waals surface area contributed by atoms with Crippen LogP contribution < -0.4 is 0 Å². The van der Waals surface area contributed by atoms with Gasteiger partial charge in [0.25, 0.3) is 0 Å². The third-order valence-electron chi connectivity index (χ3n) is 2.14. The van der Waals surface area contributed by atoms with E-state index in [0.29, 0.717) is 0 Å². The van der Waals surface area contributed by atoms with Gasteiger partial charge in [-0.2, -0.15) is 0 Å². The van der Waals surface area contributed by atoms with E-state index in [9.17, 15) is 5.11 Å². The van der Waals surface area contributed by atoms with Crippen LogP contribution in [0.5, 0.6) is 0 Å². The molecular formula is C9H17NO4. The van der Waals surface area contributed by atoms with E-state index in [1.54, 1.807) is 0 Å². The molecule has 0 amide bonds. The van der Waals surface area contributed by atoms with Gasteiger partial charge in [-0.05, 0) is 13.8 Å². The van der Waals surface area contributed by atoms with Gasteiger partial charge in [-0.25, -0.2) is 0 Å². The number of ether oxygens (including phenoxy) is 2. The maximum atomic E-state index is 9.73. The molecule has 0 saturated carbocycles. The number of hydrogen-bond donors (Lipinski definition) is 2. The molecule has 0 unspecified atom stereocenters. The van der Waals surface area contributed by atoms with E-state index in [-0.39, 0.29) is 6.61 Å². The molecule has 14 heavy (non-hydrogen) atoms. The number of methoxy groups -OCH3 is 1. The third kappa shape index (κ3) is 2.30. The van der Waals surface area contributed by atoms with E-state index in [2.05, 4.69) is 4.99 Å². The Morgan fingerprint density at radius 2 is 2.14 bits per heavy atom. The van der Waals surface area contributed by atoms with E-state index < -0.39 is 24.5 Å². The van der Waals surface area contributed by atoms with Crippen LogP contribution >= 0.6 is 0 Å². The first kappa shape index (κ1) is 11.6. The van der Waals surface area contributed by atoms with Crippen LogP contribution in [0.3, 0.4) is 0 Å². The molecule has 0 aromatic carbocycles. The molecule has 0 spiro atoms. The summed E-state index contributed by atoms with van der Waals surface area (Å²) in [6, 6.07) is -0.435. The summed E-state index contributed by atoms with van der Waals surface area (Å²) in [4.78, 5) is 4.21. The second kappa shape index (κ2) is 4.84. The molecule has 0 aromatic heterocycles. The third-order valence-corrected chi connectivity index (χ3v) is 2.14. The maximum absolute atomic E-state index is 9.73. The summed E-state index contributed by atoms with van der Waals surface area (Å²) in [5.41, 5.74) is 0.841. The van der Waals surface area contributed by atoms with Gasteiger partial charge in [0.2, 0.25) is 0 Å². The molecule has 2 N–H and O–H groups in total. The highest BCUT2D eigenvalue weighted by molar-refractivity contribution is 5.79. The van der Waals surface area contributed by atoms with Crippen LogP contribution in [-0.4, -0.2) is 54.2 Å². The highest BCUT2D eigenvalue weighted by Crippen LogP contribution is 2.24. The lowest BCUT2D eigenvalue weighted by atomic mass is 10.1. The van der Waals surface area contributed by atoms with Crippen molar-refractivity contribution >= 4 is 5.71 Å². The molecule has 5 nitrogen and oxygen atoms in total. The summed E-state index contributed by atoms with van der Waals surface area (Å²) in [7, 11) is 1.45. The number of aliphatic imine (C=N–C) groups is 1. The van der Waals surface area contributed by atoms with Crippen molar-refractivity contribution in [2.24, 2.45) is 4.99 Å². The molecule has 4 atom stereocenters. The molecular weight excluding hydrogens is 186 g/mol. The predicted molar refractivity (Wildman–Crippen MR) is 51.3 cm³/mol. The molecule has 1 aliphatic heterocycles. The van der Waals surface area contributed by atoms with Crippen LogP contribution in [0.2, 0.25) is 0 Å². The first-order valence-corrected chi connectivity index (χ1v) is 4.58. The Kier molecular flexibility index (Phi) is 4.00. The highest BCUT2D eigenvalue weighted by Gasteiger charge is 2.43. The molecule has 0 aliphatic carbocycles. The minimum absolute atomic E-state index is 0.168. The second-order valence-electron chi connectivity index (χ2n) is 3.52. The van der Waals surface area contributed by atoms with Gasteiger partial charge in [-0.15, -0.1) is 0 Å². The van der Waals surface area contributed by atoms with Crippen molar-refractivity contribution < 1.29 is 19.7 Å². The maximum Gasteiger partial charge on any atom is 0.185 e. The molecule has 1 rings (SSSR count). The Morgan fingerprint density at radius 3 is 2.57 bits per heavy atom. The monoisotopic (exact) mass is 203 g/mol. The topological polar surface area (TPSA) is 71.3 Å². The van der Waals surface area contributed by atoms with Gasteiger partial charge in [0.15, 0.2) is 6.29 Å². The van der Waals surface area contributed by atoms with E-state index >= 15 is 0 Å². The van der Waals surface area contributed by atoms with Crippen LogP contribution in [0.15, 0.2) is 4.99 Å². The lowest BCUT2D eigenvalue weighted by Gasteiger charge is -2.14. The average Bonchev–Trinajstić information content (AvgIpc) is 2.43. The molecule has 0 bridgehead atoms. The van der Waals surface area contributed by atoms with Crippen molar-refractivity contribution in [3.63, 3.8) is 0 Å². The summed E-state index contributed by atoms with van der Waals surface area (Å²) >= 11 is 0. The quantitative estimate of drug-likeness (QED) is 0.610. The summed E-state index contributed by atoms with van der Waals surface area (Å²) in [5, 5.41) is 18.8. The molecule has 5 heteroatoms. The van der Waals surface area contributed by atoms with Gasteiger partial charge in [-0.3, -0.25) is 4.99 Å². The second-order valence-corrected chi connectivity index (χ2v) is 3.52. The van der Waals surface area contributed by atoms with Gasteiger partial charge in [0.1, 0.15) is 18.2 Å². The van der Waals surface area contributed by atoms with Crippen LogP contribution in [0, 0.1) is 0 Å². The lowest BCUT2D eigenvalue weighted by molar-refractivity contribution is -0.153. The largest absolute Gasteiger partial charge is 0.394 e. The molecule has 1 aliphatic rings. The lowest BCUT2D eigenvalue weighted by Crippen LogP contribution is -2.33. The van der Waals surface area contributed by atoms with E-state index in [4.69, 9.17) is 14.6 Å². The standard InChI is InChI=1S/C9H17NO4/c1-5(2)10-7-6(4-11)14-9(13-3)8(7)12/h6-9,11-12H,4H2,1-3H3/t6-,7+,8+,9-/m0/s1. The van der Waals surface area contributed by atoms with Crippen molar-refractivity contribution in [2.45, 2.75) is 38.4 Å². The first-order chi connectivity index (χ1) is 6.60. The normalized spacial score (nSPS) is 37.2. The van der Waals surface area contributed by atoms with Gasteiger partial charge in [-0.1, -0.05) is 0 Å². The zero-order chi connectivity index (χ0) is 10.7. The summed E-state index contributed by atoms with van der Waals surface area (Å²) in [6.45, 7) is 3.50. The Labute approximate surface area is 83.4 Å². The zero-order valence-corrected chi connectivity index (χ0v) is 8.67. The fraction of sp³-hybridized carbons (Fsp3) is 0.889. The van der Waals surface area contributed by atoms with Crippen molar-refractivity contribution in [1.29, 1.82) is 0 Å². The van der Waals surface area contributed by atoms with Crippen molar-refractivity contribution in [2.75, 3.05) is 13.7 Å². The molecule has 0 radical (unpaired) electrons. The fourth-order valence-electron chi connectivity index (χ4n) is 1.52. The fourth-order valence-corrected chi connectivity index (χ4v) is 1.52. The first-order valence-electron chi connectivity index (χ1n) is 4.58. The summed E-state index contributed by atoms with van der Waals surface area (Å²) < 4.78 is 10.2. The smallest absolute Gasteiger partial charge is 0.185 e. The molecule has 1 heterocycles. The highest BCUT2D eigenvalue weighted by atomic mass is 16.7. The van der Waals surface area contributed by atoms with Crippen LogP contribution in [0.1, 0.15) is 13.8 Å². The number of nitrogens with zero attached hydrogens (tertiary/aromatic N) is 1. The van der Waals surface area contributed by atoms with Crippen LogP contribution in [0.4, 0.5) is 0 Å². The number of aliphatic hydroxyl groups excluding tert-OH is 2. The minimum Gasteiger partial charge on any atom is -0.394 e. The molecule has 1 saturated heterocycles. The van der Waals surface area contributed by atoms with Crippen molar-refractivity contribution in [3.05, 3.63) is 0 Å². The van der Waals surface area contributed by atoms with Crippen molar-refractivity contribution in [3.8, 4) is 0 Å². The number of rotatable bonds is 3. The van der Waals surface area contributed by atoms with E-state index in [0.717, 1.165) is 5.71 Å². The summed E-state index contributed by atoms with van der Waals surface area (Å²) in [6.07, 6.45) is -1.99. The minimum atomic E-state index is -0.813.